The van der Waals surface area contributed by atoms with Gasteiger partial charge in [-0.1, -0.05) is 18.2 Å². The molecule has 1 fully saturated rings. The smallest absolute Gasteiger partial charge is 0.253 e. The summed E-state index contributed by atoms with van der Waals surface area (Å²) in [7, 11) is -8.67. The SMILES string of the molecule is NCCNC(=O)c1cccc(-c2ccc(S(=O)(=O)C3CNC3)c(S(N)(=O)=O)c2C2=NCN=N2)c1N. The average molecular weight is 521 g/mol. The zero-order valence-electron chi connectivity index (χ0n) is 18.4. The van der Waals surface area contributed by atoms with Crippen LogP contribution < -0.4 is 27.2 Å². The van der Waals surface area contributed by atoms with Crippen LogP contribution >= 0.6 is 0 Å². The number of sulfonamides is 1. The highest BCUT2D eigenvalue weighted by Gasteiger charge is 2.39. The number of anilines is 1. The third-order valence-electron chi connectivity index (χ3n) is 5.64. The van der Waals surface area contributed by atoms with Gasteiger partial charge in [0, 0.05) is 31.7 Å². The Kier molecular flexibility index (Phi) is 6.70. The molecule has 0 radical (unpaired) electrons. The van der Waals surface area contributed by atoms with Gasteiger partial charge in [-0.25, -0.2) is 27.0 Å². The second-order valence-corrected chi connectivity index (χ2v) is 11.6. The van der Waals surface area contributed by atoms with E-state index in [4.69, 9.17) is 16.6 Å². The van der Waals surface area contributed by atoms with Crippen molar-refractivity contribution >= 4 is 37.3 Å². The second kappa shape index (κ2) is 9.43. The maximum absolute atomic E-state index is 13.3. The number of para-hydroxylation sites is 1. The number of nitrogens with zero attached hydrogens (tertiary/aromatic N) is 3. The van der Waals surface area contributed by atoms with Crippen molar-refractivity contribution < 1.29 is 21.6 Å². The highest BCUT2D eigenvalue weighted by Crippen LogP contribution is 2.39. The molecule has 0 spiro atoms. The lowest BCUT2D eigenvalue weighted by Crippen LogP contribution is -2.51. The molecule has 2 aromatic rings. The molecule has 0 aliphatic carbocycles. The molecule has 13 nitrogen and oxygen atoms in total. The Balaban J connectivity index is 2.02. The van der Waals surface area contributed by atoms with Crippen LogP contribution in [0.4, 0.5) is 5.69 Å². The molecule has 0 aromatic heterocycles. The van der Waals surface area contributed by atoms with Crippen LogP contribution in [-0.2, 0) is 19.9 Å². The van der Waals surface area contributed by atoms with E-state index >= 15 is 0 Å². The van der Waals surface area contributed by atoms with Gasteiger partial charge in [-0.2, -0.15) is 5.11 Å². The molecule has 35 heavy (non-hydrogen) atoms. The Morgan fingerprint density at radius 1 is 1.11 bits per heavy atom. The van der Waals surface area contributed by atoms with Gasteiger partial charge in [-0.3, -0.25) is 4.79 Å². The Bertz CT molecular complexity index is 1460. The number of sulfone groups is 1. The Labute approximate surface area is 201 Å². The summed E-state index contributed by atoms with van der Waals surface area (Å²) in [5.41, 5.74) is 12.2. The van der Waals surface area contributed by atoms with Crippen LogP contribution in [0.1, 0.15) is 15.9 Å². The summed E-state index contributed by atoms with van der Waals surface area (Å²) in [4.78, 5) is 15.6. The van der Waals surface area contributed by atoms with Gasteiger partial charge in [-0.05, 0) is 17.7 Å². The van der Waals surface area contributed by atoms with E-state index in [1.54, 1.807) is 12.1 Å². The number of nitrogens with two attached hydrogens (primary N) is 3. The number of rotatable bonds is 8. The lowest BCUT2D eigenvalue weighted by molar-refractivity contribution is 0.0955. The summed E-state index contributed by atoms with van der Waals surface area (Å²) in [6, 6.07) is 7.22. The Morgan fingerprint density at radius 2 is 1.86 bits per heavy atom. The molecular weight excluding hydrogens is 496 g/mol. The molecule has 8 N–H and O–H groups in total. The summed E-state index contributed by atoms with van der Waals surface area (Å²) >= 11 is 0. The van der Waals surface area contributed by atoms with Crippen molar-refractivity contribution in [1.29, 1.82) is 0 Å². The fourth-order valence-corrected chi connectivity index (χ4v) is 7.00. The predicted octanol–water partition coefficient (Wildman–Crippen LogP) is -0.813. The maximum atomic E-state index is 13.3. The number of hydrogen-bond acceptors (Lipinski definition) is 11. The number of azo groups is 1. The molecule has 15 heteroatoms. The number of nitrogens with one attached hydrogen (secondary N) is 2. The molecule has 4 rings (SSSR count). The van der Waals surface area contributed by atoms with E-state index in [9.17, 15) is 21.6 Å². The summed E-state index contributed by atoms with van der Waals surface area (Å²) in [6.07, 6.45) is 0. The van der Waals surface area contributed by atoms with Crippen LogP contribution in [0.5, 0.6) is 0 Å². The summed E-state index contributed by atoms with van der Waals surface area (Å²) in [5.74, 6) is -0.581. The van der Waals surface area contributed by atoms with Gasteiger partial charge < -0.3 is 22.1 Å². The molecule has 2 aromatic carbocycles. The fraction of sp³-hybridized carbons (Fsp3) is 0.300. The van der Waals surface area contributed by atoms with Crippen molar-refractivity contribution in [3.8, 4) is 11.1 Å². The molecule has 186 valence electrons. The summed E-state index contributed by atoms with van der Waals surface area (Å²) < 4.78 is 52.2. The normalized spacial score (nSPS) is 16.1. The number of aliphatic imine (C=N–C) groups is 1. The minimum Gasteiger partial charge on any atom is -0.398 e. The number of carbonyl (C=O) groups is 1. The van der Waals surface area contributed by atoms with Crippen LogP contribution in [-0.4, -0.2) is 66.7 Å². The lowest BCUT2D eigenvalue weighted by atomic mass is 9.95. The molecule has 0 saturated carbocycles. The van der Waals surface area contributed by atoms with Gasteiger partial charge >= 0.3 is 0 Å². The fourth-order valence-electron chi connectivity index (χ4n) is 3.81. The summed E-state index contributed by atoms with van der Waals surface area (Å²) in [5, 5.41) is 17.9. The van der Waals surface area contributed by atoms with Crippen LogP contribution in [0.3, 0.4) is 0 Å². The number of carbonyl (C=O) groups excluding carboxylic acids is 1. The predicted molar refractivity (Wildman–Crippen MR) is 129 cm³/mol. The molecule has 1 amide bonds. The average Bonchev–Trinajstić information content (AvgIpc) is 3.29. The van der Waals surface area contributed by atoms with Gasteiger partial charge in [0.2, 0.25) is 10.0 Å². The monoisotopic (exact) mass is 520 g/mol. The van der Waals surface area contributed by atoms with Crippen molar-refractivity contribution in [1.82, 2.24) is 10.6 Å². The van der Waals surface area contributed by atoms with Crippen LogP contribution in [0.2, 0.25) is 0 Å². The largest absolute Gasteiger partial charge is 0.398 e. The highest BCUT2D eigenvalue weighted by molar-refractivity contribution is 7.94. The number of amidine groups is 1. The number of amides is 1. The highest BCUT2D eigenvalue weighted by atomic mass is 32.2. The van der Waals surface area contributed by atoms with Gasteiger partial charge in [-0.15, -0.1) is 5.11 Å². The first-order valence-electron chi connectivity index (χ1n) is 10.5. The van der Waals surface area contributed by atoms with E-state index in [1.165, 1.54) is 18.2 Å². The van der Waals surface area contributed by atoms with Crippen LogP contribution in [0, 0.1) is 0 Å². The molecule has 0 unspecified atom stereocenters. The van der Waals surface area contributed by atoms with Crippen molar-refractivity contribution in [2.24, 2.45) is 26.1 Å². The number of hydrogen-bond donors (Lipinski definition) is 5. The van der Waals surface area contributed by atoms with Gasteiger partial charge in [0.25, 0.3) is 5.91 Å². The molecular formula is C20H24N8O5S2. The third-order valence-corrected chi connectivity index (χ3v) is 8.93. The van der Waals surface area contributed by atoms with E-state index in [1.807, 2.05) is 0 Å². The van der Waals surface area contributed by atoms with Crippen molar-refractivity contribution in [2.45, 2.75) is 15.0 Å². The number of nitrogen functional groups attached to an aromatic ring is 1. The van der Waals surface area contributed by atoms with E-state index in [-0.39, 0.29) is 66.6 Å². The molecule has 2 aliphatic rings. The Morgan fingerprint density at radius 3 is 2.43 bits per heavy atom. The standard InChI is InChI=1S/C20H24N8O5S2/c21-6-7-25-20(29)14-3-1-2-13(17(14)22)12-4-5-15(34(30,31)11-8-24-9-11)18(35(23,32)33)16(12)19-26-10-27-28-19/h1-5,11,24H,6-10,21-22H2,(H,25,29)(H2,23,32,33). The Hall–Kier alpha value is -3.24. The van der Waals surface area contributed by atoms with Gasteiger partial charge in [0.15, 0.2) is 22.3 Å². The summed E-state index contributed by atoms with van der Waals surface area (Å²) in [6.45, 7) is 0.737. The molecule has 2 heterocycles. The first-order valence-corrected chi connectivity index (χ1v) is 13.6. The molecule has 2 aliphatic heterocycles. The second-order valence-electron chi connectivity index (χ2n) is 7.86. The molecule has 0 atom stereocenters. The van der Waals surface area contributed by atoms with E-state index in [0.717, 1.165) is 0 Å². The van der Waals surface area contributed by atoms with E-state index in [0.29, 0.717) is 0 Å². The van der Waals surface area contributed by atoms with Gasteiger partial charge in [0.05, 0.1) is 27.0 Å². The zero-order valence-corrected chi connectivity index (χ0v) is 20.1. The number of primary sulfonamides is 1. The third kappa shape index (κ3) is 4.55. The molecule has 1 saturated heterocycles. The van der Waals surface area contributed by atoms with E-state index in [2.05, 4.69) is 25.9 Å². The minimum atomic E-state index is -4.60. The number of benzene rings is 2. The molecule has 0 bridgehead atoms. The minimum absolute atomic E-state index is 0.0398. The van der Waals surface area contributed by atoms with Crippen molar-refractivity contribution in [3.05, 3.63) is 41.5 Å². The quantitative estimate of drug-likeness (QED) is 0.276. The first-order chi connectivity index (χ1) is 16.6. The van der Waals surface area contributed by atoms with Crippen LogP contribution in [0.15, 0.2) is 55.3 Å². The van der Waals surface area contributed by atoms with E-state index < -0.39 is 40.8 Å². The lowest BCUT2D eigenvalue weighted by Gasteiger charge is -2.28. The first kappa shape index (κ1) is 24.9. The zero-order chi connectivity index (χ0) is 25.4. The van der Waals surface area contributed by atoms with Gasteiger partial charge in [0.1, 0.15) is 4.90 Å². The maximum Gasteiger partial charge on any atom is 0.253 e. The topological polar surface area (TPSA) is 225 Å². The van der Waals surface area contributed by atoms with Crippen molar-refractivity contribution in [3.63, 3.8) is 0 Å². The van der Waals surface area contributed by atoms with Crippen molar-refractivity contribution in [2.75, 3.05) is 38.6 Å². The van der Waals surface area contributed by atoms with Crippen LogP contribution in [0.25, 0.3) is 11.1 Å².